The Morgan fingerprint density at radius 2 is 2.29 bits per heavy atom. The lowest BCUT2D eigenvalue weighted by Crippen LogP contribution is -2.23. The van der Waals surface area contributed by atoms with E-state index in [0.717, 1.165) is 48.0 Å². The minimum atomic E-state index is 0.512. The van der Waals surface area contributed by atoms with E-state index in [1.807, 2.05) is 36.3 Å². The molecule has 0 aliphatic carbocycles. The van der Waals surface area contributed by atoms with E-state index in [1.54, 1.807) is 0 Å². The fourth-order valence-corrected chi connectivity index (χ4v) is 4.41. The van der Waals surface area contributed by atoms with Crippen LogP contribution in [0.3, 0.4) is 0 Å². The van der Waals surface area contributed by atoms with Crippen molar-refractivity contribution in [3.8, 4) is 0 Å². The van der Waals surface area contributed by atoms with Crippen molar-refractivity contribution < 1.29 is 0 Å². The van der Waals surface area contributed by atoms with Crippen LogP contribution in [-0.2, 0) is 0 Å². The maximum Gasteiger partial charge on any atom is 0.0868 e. The number of hydrogen-bond donors (Lipinski definition) is 1. The lowest BCUT2D eigenvalue weighted by atomic mass is 10.1. The summed E-state index contributed by atoms with van der Waals surface area (Å²) >= 11 is 7.93. The Labute approximate surface area is 149 Å². The smallest absolute Gasteiger partial charge is 0.0868 e. The van der Waals surface area contributed by atoms with Crippen molar-refractivity contribution >= 4 is 34.3 Å². The van der Waals surface area contributed by atoms with E-state index in [1.165, 1.54) is 10.3 Å². The van der Waals surface area contributed by atoms with Crippen molar-refractivity contribution in [3.63, 3.8) is 0 Å². The standard InChI is InChI=1S/C17H18ClN5S/c18-13-1-2-14-15(9-13)19-5-3-17(14)24-8-7-23-6-4-12(11-23)16-10-20-22-21-16/h1-3,5,9-10,12H,4,6-8,11H2,(H,20,21,22). The molecule has 0 amide bonds. The van der Waals surface area contributed by atoms with Crippen LogP contribution in [0.2, 0.25) is 5.02 Å². The minimum Gasteiger partial charge on any atom is -0.302 e. The van der Waals surface area contributed by atoms with Gasteiger partial charge in [-0.2, -0.15) is 15.4 Å². The monoisotopic (exact) mass is 359 g/mol. The average molecular weight is 360 g/mol. The van der Waals surface area contributed by atoms with Gasteiger partial charge >= 0.3 is 0 Å². The summed E-state index contributed by atoms with van der Waals surface area (Å²) in [6.45, 7) is 3.28. The third-order valence-electron chi connectivity index (χ3n) is 4.45. The molecule has 0 saturated carbocycles. The Bertz CT molecular complexity index is 823. The molecule has 3 heterocycles. The number of pyridine rings is 1. The first-order valence-electron chi connectivity index (χ1n) is 8.05. The fourth-order valence-electron chi connectivity index (χ4n) is 3.19. The van der Waals surface area contributed by atoms with Gasteiger partial charge in [0.2, 0.25) is 0 Å². The van der Waals surface area contributed by atoms with E-state index in [-0.39, 0.29) is 0 Å². The molecule has 5 nitrogen and oxygen atoms in total. The first kappa shape index (κ1) is 15.9. The van der Waals surface area contributed by atoms with Gasteiger partial charge in [-0.3, -0.25) is 4.98 Å². The molecule has 2 aromatic heterocycles. The number of benzene rings is 1. The molecule has 1 aliphatic rings. The molecule has 1 aromatic carbocycles. The van der Waals surface area contributed by atoms with Gasteiger partial charge in [-0.05, 0) is 31.2 Å². The van der Waals surface area contributed by atoms with E-state index >= 15 is 0 Å². The molecule has 3 aromatic rings. The van der Waals surface area contributed by atoms with Crippen LogP contribution in [0.1, 0.15) is 18.0 Å². The van der Waals surface area contributed by atoms with Crippen molar-refractivity contribution in [3.05, 3.63) is 47.4 Å². The Balaban J connectivity index is 1.35. The second-order valence-electron chi connectivity index (χ2n) is 6.00. The summed E-state index contributed by atoms with van der Waals surface area (Å²) in [5.74, 6) is 1.57. The molecule has 1 unspecified atom stereocenters. The summed E-state index contributed by atoms with van der Waals surface area (Å²) in [6.07, 6.45) is 4.86. The van der Waals surface area contributed by atoms with Crippen LogP contribution < -0.4 is 0 Å². The Hall–Kier alpha value is -1.63. The Kier molecular flexibility index (Phi) is 4.69. The molecule has 1 fully saturated rings. The van der Waals surface area contributed by atoms with Crippen LogP contribution in [-0.4, -0.2) is 50.7 Å². The quantitative estimate of drug-likeness (QED) is 0.705. The van der Waals surface area contributed by atoms with E-state index in [2.05, 4.69) is 37.4 Å². The molecule has 124 valence electrons. The van der Waals surface area contributed by atoms with Gasteiger partial charge < -0.3 is 4.90 Å². The van der Waals surface area contributed by atoms with Crippen LogP contribution in [0.15, 0.2) is 41.6 Å². The number of hydrogen-bond acceptors (Lipinski definition) is 5. The van der Waals surface area contributed by atoms with Gasteiger partial charge in [0, 0.05) is 46.3 Å². The molecule has 0 radical (unpaired) electrons. The number of aromatic nitrogens is 4. The topological polar surface area (TPSA) is 57.7 Å². The van der Waals surface area contributed by atoms with Crippen LogP contribution in [0, 0.1) is 0 Å². The number of fused-ring (bicyclic) bond motifs is 1. The molecular weight excluding hydrogens is 342 g/mol. The van der Waals surface area contributed by atoms with Gasteiger partial charge in [0.1, 0.15) is 0 Å². The summed E-state index contributed by atoms with van der Waals surface area (Å²) in [6, 6.07) is 8.00. The fraction of sp³-hybridized carbons (Fsp3) is 0.353. The summed E-state index contributed by atoms with van der Waals surface area (Å²) in [5, 5.41) is 12.7. The van der Waals surface area contributed by atoms with Crippen LogP contribution in [0.5, 0.6) is 0 Å². The average Bonchev–Trinajstić information content (AvgIpc) is 3.26. The van der Waals surface area contributed by atoms with Crippen molar-refractivity contribution in [2.45, 2.75) is 17.2 Å². The van der Waals surface area contributed by atoms with Gasteiger partial charge in [0.15, 0.2) is 0 Å². The van der Waals surface area contributed by atoms with Gasteiger partial charge in [-0.1, -0.05) is 17.7 Å². The zero-order valence-electron chi connectivity index (χ0n) is 13.2. The maximum atomic E-state index is 6.05. The summed E-state index contributed by atoms with van der Waals surface area (Å²) in [5.41, 5.74) is 2.04. The summed E-state index contributed by atoms with van der Waals surface area (Å²) < 4.78 is 0. The number of H-pyrrole nitrogens is 1. The molecule has 1 N–H and O–H groups in total. The zero-order chi connectivity index (χ0) is 16.4. The highest BCUT2D eigenvalue weighted by Crippen LogP contribution is 2.29. The second kappa shape index (κ2) is 7.09. The number of aromatic amines is 1. The molecule has 0 spiro atoms. The molecular formula is C17H18ClN5S. The van der Waals surface area contributed by atoms with Gasteiger partial charge in [0.05, 0.1) is 17.4 Å². The summed E-state index contributed by atoms with van der Waals surface area (Å²) in [7, 11) is 0. The highest BCUT2D eigenvalue weighted by Gasteiger charge is 2.25. The van der Waals surface area contributed by atoms with Gasteiger partial charge in [-0.25, -0.2) is 0 Å². The van der Waals surface area contributed by atoms with E-state index in [0.29, 0.717) is 5.92 Å². The van der Waals surface area contributed by atoms with Crippen molar-refractivity contribution in [2.75, 3.05) is 25.4 Å². The first-order valence-corrected chi connectivity index (χ1v) is 9.41. The SMILES string of the molecule is Clc1ccc2c(SCCN3CCC(c4cn[nH]n4)C3)ccnc2c1. The second-order valence-corrected chi connectivity index (χ2v) is 7.57. The lowest BCUT2D eigenvalue weighted by molar-refractivity contribution is 0.356. The van der Waals surface area contributed by atoms with Gasteiger partial charge in [-0.15, -0.1) is 11.8 Å². The van der Waals surface area contributed by atoms with Crippen molar-refractivity contribution in [1.82, 2.24) is 25.3 Å². The number of nitrogens with one attached hydrogen (secondary N) is 1. The largest absolute Gasteiger partial charge is 0.302 e. The molecule has 1 atom stereocenters. The number of likely N-dealkylation sites (tertiary alicyclic amines) is 1. The zero-order valence-corrected chi connectivity index (χ0v) is 14.7. The highest BCUT2D eigenvalue weighted by atomic mass is 35.5. The third-order valence-corrected chi connectivity index (χ3v) is 5.74. The lowest BCUT2D eigenvalue weighted by Gasteiger charge is -2.15. The van der Waals surface area contributed by atoms with E-state index in [9.17, 15) is 0 Å². The maximum absolute atomic E-state index is 6.05. The molecule has 7 heteroatoms. The first-order chi connectivity index (χ1) is 11.8. The van der Waals surface area contributed by atoms with Crippen LogP contribution in [0.25, 0.3) is 10.9 Å². The molecule has 1 aliphatic heterocycles. The van der Waals surface area contributed by atoms with Gasteiger partial charge in [0.25, 0.3) is 0 Å². The molecule has 0 bridgehead atoms. The minimum absolute atomic E-state index is 0.512. The summed E-state index contributed by atoms with van der Waals surface area (Å²) in [4.78, 5) is 8.18. The number of nitrogens with zero attached hydrogens (tertiary/aromatic N) is 4. The Morgan fingerprint density at radius 1 is 1.33 bits per heavy atom. The highest BCUT2D eigenvalue weighted by molar-refractivity contribution is 7.99. The normalized spacial score (nSPS) is 18.5. The van der Waals surface area contributed by atoms with Crippen molar-refractivity contribution in [1.29, 1.82) is 0 Å². The van der Waals surface area contributed by atoms with Crippen LogP contribution in [0.4, 0.5) is 0 Å². The van der Waals surface area contributed by atoms with E-state index < -0.39 is 0 Å². The number of halogens is 1. The predicted octanol–water partition coefficient (Wildman–Crippen LogP) is 3.59. The third kappa shape index (κ3) is 3.41. The van der Waals surface area contributed by atoms with E-state index in [4.69, 9.17) is 11.6 Å². The molecule has 4 rings (SSSR count). The Morgan fingerprint density at radius 3 is 3.17 bits per heavy atom. The van der Waals surface area contributed by atoms with Crippen molar-refractivity contribution in [2.24, 2.45) is 0 Å². The number of rotatable bonds is 5. The number of thioether (sulfide) groups is 1. The molecule has 24 heavy (non-hydrogen) atoms. The molecule has 1 saturated heterocycles. The predicted molar refractivity (Wildman–Crippen MR) is 97.7 cm³/mol. The van der Waals surface area contributed by atoms with Crippen LogP contribution >= 0.6 is 23.4 Å².